The van der Waals surface area contributed by atoms with E-state index in [0.29, 0.717) is 6.42 Å². The molecule has 0 aromatic rings. The lowest BCUT2D eigenvalue weighted by atomic mass is 10.1. The Morgan fingerprint density at radius 3 is 1.69 bits per heavy atom. The van der Waals surface area contributed by atoms with Crippen molar-refractivity contribution in [1.29, 1.82) is 0 Å². The molecule has 3 atom stereocenters. The zero-order valence-electron chi connectivity index (χ0n) is 31.7. The average Bonchev–Trinajstić information content (AvgIpc) is 3.10. The van der Waals surface area contributed by atoms with Gasteiger partial charge >= 0.3 is 25.7 Å². The van der Waals surface area contributed by atoms with Crippen LogP contribution >= 0.6 is 7.82 Å². The van der Waals surface area contributed by atoms with Crippen molar-refractivity contribution >= 4 is 25.7 Å². The predicted octanol–water partition coefficient (Wildman–Crippen LogP) is 9.67. The predicted molar refractivity (Wildman–Crippen MR) is 203 cm³/mol. The van der Waals surface area contributed by atoms with Gasteiger partial charge in [-0.05, 0) is 44.9 Å². The molecular weight excluding hydrogens is 673 g/mol. The van der Waals surface area contributed by atoms with Gasteiger partial charge in [0, 0.05) is 12.5 Å². The molecule has 11 nitrogen and oxygen atoms in total. The van der Waals surface area contributed by atoms with E-state index in [2.05, 4.69) is 30.5 Å². The second kappa shape index (κ2) is 34.8. The molecule has 0 fully saturated rings. The Bertz CT molecular complexity index is 1020. The van der Waals surface area contributed by atoms with Crippen LogP contribution in [0.4, 0.5) is 0 Å². The summed E-state index contributed by atoms with van der Waals surface area (Å²) in [5.74, 6) is -2.65. The van der Waals surface area contributed by atoms with Crippen molar-refractivity contribution in [1.82, 2.24) is 0 Å². The summed E-state index contributed by atoms with van der Waals surface area (Å²) in [6, 6.07) is -1.53. The Labute approximate surface area is 308 Å². The number of carboxylic acid groups (broad SMARTS) is 1. The van der Waals surface area contributed by atoms with Gasteiger partial charge in [-0.3, -0.25) is 18.6 Å². The van der Waals surface area contributed by atoms with Crippen LogP contribution in [-0.4, -0.2) is 59.9 Å². The molecule has 0 spiro atoms. The van der Waals surface area contributed by atoms with Gasteiger partial charge in [-0.25, -0.2) is 9.36 Å². The van der Waals surface area contributed by atoms with Gasteiger partial charge in [0.05, 0.1) is 13.2 Å². The molecular formula is C39H70NO10P. The Hall–Kier alpha value is -2.30. The molecule has 0 aliphatic carbocycles. The summed E-state index contributed by atoms with van der Waals surface area (Å²) in [4.78, 5) is 45.6. The molecule has 0 rings (SSSR count). The molecule has 0 bridgehead atoms. The highest BCUT2D eigenvalue weighted by molar-refractivity contribution is 7.47. The van der Waals surface area contributed by atoms with Gasteiger partial charge in [0.15, 0.2) is 6.10 Å². The summed E-state index contributed by atoms with van der Waals surface area (Å²) < 4.78 is 32.4. The maximum Gasteiger partial charge on any atom is 0.472 e. The van der Waals surface area contributed by atoms with E-state index in [1.54, 1.807) is 12.2 Å². The van der Waals surface area contributed by atoms with Crippen LogP contribution in [0, 0.1) is 0 Å². The molecule has 0 aromatic carbocycles. The molecule has 0 amide bonds. The van der Waals surface area contributed by atoms with Gasteiger partial charge in [-0.2, -0.15) is 0 Å². The number of esters is 2. The van der Waals surface area contributed by atoms with Crippen LogP contribution in [0.15, 0.2) is 36.5 Å². The van der Waals surface area contributed by atoms with Gasteiger partial charge in [0.1, 0.15) is 12.6 Å². The van der Waals surface area contributed by atoms with Crippen LogP contribution in [0.1, 0.15) is 162 Å². The summed E-state index contributed by atoms with van der Waals surface area (Å²) in [7, 11) is -4.73. The van der Waals surface area contributed by atoms with Crippen molar-refractivity contribution in [3.05, 3.63) is 36.5 Å². The van der Waals surface area contributed by atoms with Crippen molar-refractivity contribution in [2.75, 3.05) is 19.8 Å². The first-order valence-corrected chi connectivity index (χ1v) is 21.1. The third-order valence-electron chi connectivity index (χ3n) is 8.21. The largest absolute Gasteiger partial charge is 0.480 e. The Kier molecular flexibility index (Phi) is 33.2. The second-order valence-electron chi connectivity index (χ2n) is 13.1. The minimum Gasteiger partial charge on any atom is -0.480 e. The van der Waals surface area contributed by atoms with E-state index in [-0.39, 0.29) is 6.42 Å². The highest BCUT2D eigenvalue weighted by Crippen LogP contribution is 2.43. The fraction of sp³-hybridized carbons (Fsp3) is 0.769. The summed E-state index contributed by atoms with van der Waals surface area (Å²) in [6.07, 6.45) is 35.6. The number of hydrogen-bond donors (Lipinski definition) is 3. The van der Waals surface area contributed by atoms with E-state index >= 15 is 0 Å². The standard InChI is InChI=1S/C39H70NO10P/c1-3-5-7-9-11-13-15-17-18-19-21-22-24-26-28-30-37(41)47-32-35(33-48-51(45,46)49-34-36(40)39(43)44)50-38(42)31-29-27-25-23-20-16-14-12-10-8-6-4-2/h12,14,24,26,28,30,35-36H,3-11,13,15-23,25,27,29,31-34,40H2,1-2H3,(H,43,44)(H,45,46)/b14-12+,26-24+,30-28+/t35-,36+/m1/s1. The minimum absolute atomic E-state index is 0.131. The topological polar surface area (TPSA) is 172 Å². The summed E-state index contributed by atoms with van der Waals surface area (Å²) >= 11 is 0. The molecule has 0 heterocycles. The lowest BCUT2D eigenvalue weighted by Gasteiger charge is -2.20. The SMILES string of the molecule is CCCCC/C=C/CCCCCCCC(=O)O[C@H](COC(=O)/C=C/C=C/CCCCCCCCCCCCC)COP(=O)(O)OC[C@H](N)C(=O)O. The third-order valence-corrected chi connectivity index (χ3v) is 9.16. The first-order valence-electron chi connectivity index (χ1n) is 19.6. The maximum atomic E-state index is 12.5. The molecule has 0 saturated heterocycles. The van der Waals surface area contributed by atoms with Crippen molar-refractivity contribution < 1.29 is 47.5 Å². The van der Waals surface area contributed by atoms with Crippen LogP contribution in [0.2, 0.25) is 0 Å². The molecule has 0 radical (unpaired) electrons. The number of carbonyl (C=O) groups is 3. The second-order valence-corrected chi connectivity index (χ2v) is 14.6. The highest BCUT2D eigenvalue weighted by atomic mass is 31.2. The van der Waals surface area contributed by atoms with E-state index in [9.17, 15) is 23.8 Å². The number of carboxylic acids is 1. The van der Waals surface area contributed by atoms with E-state index < -0.39 is 57.7 Å². The van der Waals surface area contributed by atoms with Crippen LogP contribution in [0.3, 0.4) is 0 Å². The first-order chi connectivity index (χ1) is 24.6. The number of hydrogen-bond acceptors (Lipinski definition) is 9. The van der Waals surface area contributed by atoms with Crippen LogP contribution in [0.5, 0.6) is 0 Å². The van der Waals surface area contributed by atoms with Gasteiger partial charge in [0.25, 0.3) is 0 Å². The average molecular weight is 744 g/mol. The maximum absolute atomic E-state index is 12.5. The van der Waals surface area contributed by atoms with E-state index in [1.807, 2.05) is 6.08 Å². The van der Waals surface area contributed by atoms with Gasteiger partial charge < -0.3 is 25.2 Å². The van der Waals surface area contributed by atoms with Gasteiger partial charge in [-0.15, -0.1) is 0 Å². The van der Waals surface area contributed by atoms with Crippen LogP contribution in [-0.2, 0) is 37.5 Å². The number of allylic oxidation sites excluding steroid dienone is 5. The Morgan fingerprint density at radius 1 is 0.647 bits per heavy atom. The molecule has 296 valence electrons. The zero-order valence-corrected chi connectivity index (χ0v) is 32.6. The van der Waals surface area contributed by atoms with Crippen LogP contribution < -0.4 is 5.73 Å². The lowest BCUT2D eigenvalue weighted by Crippen LogP contribution is -2.34. The molecule has 12 heteroatoms. The zero-order chi connectivity index (χ0) is 37.8. The van der Waals surface area contributed by atoms with E-state index in [4.69, 9.17) is 24.8 Å². The molecule has 51 heavy (non-hydrogen) atoms. The van der Waals surface area contributed by atoms with Crippen molar-refractivity contribution in [2.24, 2.45) is 5.73 Å². The summed E-state index contributed by atoms with van der Waals surface area (Å²) in [6.45, 7) is 2.63. The number of ether oxygens (including phenoxy) is 2. The van der Waals surface area contributed by atoms with Crippen molar-refractivity contribution in [3.63, 3.8) is 0 Å². The Morgan fingerprint density at radius 2 is 1.12 bits per heavy atom. The quantitative estimate of drug-likeness (QED) is 0.0139. The number of carbonyl (C=O) groups excluding carboxylic acids is 2. The van der Waals surface area contributed by atoms with Gasteiger partial charge in [0.2, 0.25) is 0 Å². The molecule has 0 aliphatic rings. The van der Waals surface area contributed by atoms with E-state index in [0.717, 1.165) is 51.4 Å². The first kappa shape index (κ1) is 48.7. The fourth-order valence-corrected chi connectivity index (χ4v) is 5.87. The van der Waals surface area contributed by atoms with E-state index in [1.165, 1.54) is 89.5 Å². The number of nitrogens with two attached hydrogens (primary N) is 1. The number of phosphoric ester groups is 1. The summed E-state index contributed by atoms with van der Waals surface area (Å²) in [5.41, 5.74) is 5.31. The normalized spacial score (nSPS) is 14.3. The molecule has 0 aromatic heterocycles. The number of phosphoric acid groups is 1. The highest BCUT2D eigenvalue weighted by Gasteiger charge is 2.28. The fourth-order valence-electron chi connectivity index (χ4n) is 5.09. The van der Waals surface area contributed by atoms with Gasteiger partial charge in [-0.1, -0.05) is 141 Å². The molecule has 1 unspecified atom stereocenters. The molecule has 0 saturated carbocycles. The number of aliphatic carboxylic acids is 1. The van der Waals surface area contributed by atoms with Crippen LogP contribution in [0.25, 0.3) is 0 Å². The molecule has 0 aliphatic heterocycles. The Balaban J connectivity index is 4.54. The minimum atomic E-state index is -4.73. The lowest BCUT2D eigenvalue weighted by molar-refractivity contribution is -0.159. The number of rotatable bonds is 36. The molecule has 4 N–H and O–H groups in total. The van der Waals surface area contributed by atoms with Crippen molar-refractivity contribution in [3.8, 4) is 0 Å². The third kappa shape index (κ3) is 34.5. The van der Waals surface area contributed by atoms with Crippen molar-refractivity contribution in [2.45, 2.75) is 174 Å². The number of unbranched alkanes of at least 4 members (excludes halogenated alkanes) is 19. The summed E-state index contributed by atoms with van der Waals surface area (Å²) in [5, 5.41) is 8.85. The monoisotopic (exact) mass is 743 g/mol. The smallest absolute Gasteiger partial charge is 0.472 e.